The molecule has 0 aliphatic rings. The van der Waals surface area contributed by atoms with E-state index in [-0.39, 0.29) is 29.0 Å². The van der Waals surface area contributed by atoms with E-state index in [0.717, 1.165) is 16.5 Å². The number of benzene rings is 2. The number of nitrogen functional groups attached to an aromatic ring is 1. The van der Waals surface area contributed by atoms with Gasteiger partial charge in [-0.15, -0.1) is 0 Å². The first kappa shape index (κ1) is 24.5. The standard InChI is InChI=1S/C26H26FN7O2/c1-16(35)32-24(13-17-15-31-22-6-3-2-5-20(17)22)26(36)30-12-4-7-23-21(14-28)25(29)34(33-23)19-10-8-18(27)9-11-19/h2-3,5-6,8-11,15,24,31H,4,7,12-13,29H2,1H3,(H,30,36)(H,32,35). The molecular formula is C26H26FN7O2. The number of nitrogens with one attached hydrogen (secondary N) is 3. The highest BCUT2D eigenvalue weighted by molar-refractivity contribution is 5.89. The molecule has 0 fully saturated rings. The Labute approximate surface area is 207 Å². The highest BCUT2D eigenvalue weighted by Gasteiger charge is 2.22. The van der Waals surface area contributed by atoms with E-state index in [1.54, 1.807) is 0 Å². The van der Waals surface area contributed by atoms with Crippen LogP contribution in [0.5, 0.6) is 0 Å². The number of carbonyl (C=O) groups excluding carboxylic acids is 2. The number of halogens is 1. The van der Waals surface area contributed by atoms with Crippen molar-refractivity contribution in [3.05, 3.63) is 77.4 Å². The molecule has 0 aliphatic carbocycles. The number of anilines is 1. The Morgan fingerprint density at radius 3 is 2.69 bits per heavy atom. The Bertz CT molecular complexity index is 1430. The quantitative estimate of drug-likeness (QED) is 0.269. The van der Waals surface area contributed by atoms with Gasteiger partial charge >= 0.3 is 0 Å². The number of nitriles is 1. The summed E-state index contributed by atoms with van der Waals surface area (Å²) in [4.78, 5) is 27.8. The fourth-order valence-electron chi connectivity index (χ4n) is 4.12. The number of aryl methyl sites for hydroxylation is 1. The summed E-state index contributed by atoms with van der Waals surface area (Å²) >= 11 is 0. The SMILES string of the molecule is CC(=O)NC(Cc1c[nH]c2ccccc12)C(=O)NCCCc1nn(-c2ccc(F)cc2)c(N)c1C#N. The summed E-state index contributed by atoms with van der Waals surface area (Å²) in [6, 6.07) is 14.7. The second-order valence-electron chi connectivity index (χ2n) is 8.42. The summed E-state index contributed by atoms with van der Waals surface area (Å²) in [7, 11) is 0. The van der Waals surface area contributed by atoms with Crippen molar-refractivity contribution in [1.29, 1.82) is 5.26 Å². The fourth-order valence-corrected chi connectivity index (χ4v) is 4.12. The summed E-state index contributed by atoms with van der Waals surface area (Å²) in [5.41, 5.74) is 9.27. The Hall–Kier alpha value is -4.65. The van der Waals surface area contributed by atoms with Crippen LogP contribution in [-0.4, -0.2) is 39.2 Å². The van der Waals surface area contributed by atoms with Gasteiger partial charge in [-0.05, 0) is 48.7 Å². The van der Waals surface area contributed by atoms with Crippen molar-refractivity contribution in [2.24, 2.45) is 0 Å². The third kappa shape index (κ3) is 5.36. The normalized spacial score (nSPS) is 11.7. The molecular weight excluding hydrogens is 461 g/mol. The lowest BCUT2D eigenvalue weighted by Crippen LogP contribution is -2.47. The maximum absolute atomic E-state index is 13.3. The number of aromatic nitrogens is 3. The number of carbonyl (C=O) groups is 2. The second kappa shape index (κ2) is 10.7. The van der Waals surface area contributed by atoms with Crippen molar-refractivity contribution in [2.75, 3.05) is 12.3 Å². The van der Waals surface area contributed by atoms with Gasteiger partial charge in [-0.2, -0.15) is 10.4 Å². The molecule has 4 aromatic rings. The first-order valence-electron chi connectivity index (χ1n) is 11.5. The van der Waals surface area contributed by atoms with Crippen LogP contribution in [0.2, 0.25) is 0 Å². The van der Waals surface area contributed by atoms with Gasteiger partial charge in [0.1, 0.15) is 29.3 Å². The van der Waals surface area contributed by atoms with Crippen LogP contribution in [0.15, 0.2) is 54.7 Å². The van der Waals surface area contributed by atoms with E-state index in [9.17, 15) is 19.2 Å². The average Bonchev–Trinajstić information content (AvgIpc) is 3.41. The van der Waals surface area contributed by atoms with Crippen molar-refractivity contribution in [3.8, 4) is 11.8 Å². The van der Waals surface area contributed by atoms with Crippen molar-refractivity contribution in [1.82, 2.24) is 25.4 Å². The number of aromatic amines is 1. The maximum atomic E-state index is 13.3. The van der Waals surface area contributed by atoms with Crippen LogP contribution in [-0.2, 0) is 22.4 Å². The predicted molar refractivity (Wildman–Crippen MR) is 134 cm³/mol. The van der Waals surface area contributed by atoms with Gasteiger partial charge in [0.25, 0.3) is 0 Å². The lowest BCUT2D eigenvalue weighted by molar-refractivity contribution is -0.128. The molecule has 5 N–H and O–H groups in total. The molecule has 0 saturated carbocycles. The lowest BCUT2D eigenvalue weighted by Gasteiger charge is -2.17. The van der Waals surface area contributed by atoms with Crippen molar-refractivity contribution in [2.45, 2.75) is 32.2 Å². The minimum atomic E-state index is -0.732. The van der Waals surface area contributed by atoms with E-state index in [4.69, 9.17) is 5.73 Å². The molecule has 2 amide bonds. The number of nitrogens with zero attached hydrogens (tertiary/aromatic N) is 3. The number of fused-ring (bicyclic) bond motifs is 1. The van der Waals surface area contributed by atoms with E-state index >= 15 is 0 Å². The molecule has 0 spiro atoms. The van der Waals surface area contributed by atoms with E-state index in [0.29, 0.717) is 37.2 Å². The molecule has 2 aromatic carbocycles. The summed E-state index contributed by atoms with van der Waals surface area (Å²) < 4.78 is 14.7. The molecule has 184 valence electrons. The smallest absolute Gasteiger partial charge is 0.242 e. The number of amides is 2. The zero-order valence-electron chi connectivity index (χ0n) is 19.7. The first-order valence-corrected chi connectivity index (χ1v) is 11.5. The molecule has 4 rings (SSSR count). The summed E-state index contributed by atoms with van der Waals surface area (Å²) in [5.74, 6) is -0.807. The Balaban J connectivity index is 1.39. The van der Waals surface area contributed by atoms with Gasteiger partial charge in [0.2, 0.25) is 11.8 Å². The van der Waals surface area contributed by atoms with Gasteiger partial charge in [-0.3, -0.25) is 9.59 Å². The second-order valence-corrected chi connectivity index (χ2v) is 8.42. The highest BCUT2D eigenvalue weighted by Crippen LogP contribution is 2.22. The monoisotopic (exact) mass is 487 g/mol. The topological polar surface area (TPSA) is 142 Å². The average molecular weight is 488 g/mol. The molecule has 1 unspecified atom stereocenters. The van der Waals surface area contributed by atoms with E-state index < -0.39 is 6.04 Å². The molecule has 1 atom stereocenters. The van der Waals surface area contributed by atoms with E-state index in [1.165, 1.54) is 35.9 Å². The highest BCUT2D eigenvalue weighted by atomic mass is 19.1. The van der Waals surface area contributed by atoms with Crippen molar-refractivity contribution < 1.29 is 14.0 Å². The zero-order valence-corrected chi connectivity index (χ0v) is 19.7. The molecule has 10 heteroatoms. The van der Waals surface area contributed by atoms with Crippen LogP contribution in [0.1, 0.15) is 30.2 Å². The molecule has 36 heavy (non-hydrogen) atoms. The number of nitrogens with two attached hydrogens (primary N) is 1. The molecule has 2 aromatic heterocycles. The van der Waals surface area contributed by atoms with Crippen LogP contribution in [0.25, 0.3) is 16.6 Å². The van der Waals surface area contributed by atoms with Crippen LogP contribution < -0.4 is 16.4 Å². The summed E-state index contributed by atoms with van der Waals surface area (Å²) in [6.07, 6.45) is 3.08. The largest absolute Gasteiger partial charge is 0.382 e. The minimum absolute atomic E-state index is 0.174. The number of H-pyrrole nitrogens is 1. The molecule has 0 bridgehead atoms. The van der Waals surface area contributed by atoms with Crippen LogP contribution in [0.3, 0.4) is 0 Å². The summed E-state index contributed by atoms with van der Waals surface area (Å²) in [6.45, 7) is 1.69. The lowest BCUT2D eigenvalue weighted by atomic mass is 10.0. The fraction of sp³-hybridized carbons (Fsp3) is 0.231. The maximum Gasteiger partial charge on any atom is 0.242 e. The van der Waals surface area contributed by atoms with Crippen molar-refractivity contribution in [3.63, 3.8) is 0 Å². The number of rotatable bonds is 9. The third-order valence-corrected chi connectivity index (χ3v) is 5.86. The van der Waals surface area contributed by atoms with Gasteiger partial charge in [0, 0.05) is 37.0 Å². The van der Waals surface area contributed by atoms with Gasteiger partial charge in [0.15, 0.2) is 0 Å². The van der Waals surface area contributed by atoms with Gasteiger partial charge < -0.3 is 21.4 Å². The Morgan fingerprint density at radius 2 is 1.97 bits per heavy atom. The van der Waals surface area contributed by atoms with Gasteiger partial charge in [-0.1, -0.05) is 18.2 Å². The number of hydrogen-bond donors (Lipinski definition) is 4. The Morgan fingerprint density at radius 1 is 1.22 bits per heavy atom. The first-order chi connectivity index (χ1) is 17.4. The predicted octanol–water partition coefficient (Wildman–Crippen LogP) is 2.74. The van der Waals surface area contributed by atoms with E-state index in [1.807, 2.05) is 30.5 Å². The molecule has 2 heterocycles. The van der Waals surface area contributed by atoms with Crippen LogP contribution >= 0.6 is 0 Å². The molecule has 0 aliphatic heterocycles. The summed E-state index contributed by atoms with van der Waals surface area (Å²) in [5, 5.41) is 20.6. The van der Waals surface area contributed by atoms with Crippen LogP contribution in [0, 0.1) is 17.1 Å². The van der Waals surface area contributed by atoms with Crippen molar-refractivity contribution >= 4 is 28.5 Å². The van der Waals surface area contributed by atoms with Crippen LogP contribution in [0.4, 0.5) is 10.2 Å². The Kier molecular flexibility index (Phi) is 7.30. The minimum Gasteiger partial charge on any atom is -0.382 e. The van der Waals surface area contributed by atoms with Gasteiger partial charge in [0.05, 0.1) is 11.4 Å². The van der Waals surface area contributed by atoms with E-state index in [2.05, 4.69) is 26.8 Å². The molecule has 0 radical (unpaired) electrons. The zero-order chi connectivity index (χ0) is 25.7. The molecule has 0 saturated heterocycles. The number of hydrogen-bond acceptors (Lipinski definition) is 5. The number of para-hydroxylation sites is 1. The molecule has 9 nitrogen and oxygen atoms in total. The third-order valence-electron chi connectivity index (χ3n) is 5.86. The van der Waals surface area contributed by atoms with Gasteiger partial charge in [-0.25, -0.2) is 9.07 Å².